The van der Waals surface area contributed by atoms with Crippen LogP contribution in [0.2, 0.25) is 5.02 Å². The summed E-state index contributed by atoms with van der Waals surface area (Å²) in [5, 5.41) is 0.514. The van der Waals surface area contributed by atoms with Gasteiger partial charge in [-0.05, 0) is 24.5 Å². The topological polar surface area (TPSA) is 54.7 Å². The van der Waals surface area contributed by atoms with Gasteiger partial charge in [-0.25, -0.2) is 22.2 Å². The van der Waals surface area contributed by atoms with Gasteiger partial charge in [0.2, 0.25) is 16.4 Å². The van der Waals surface area contributed by atoms with Gasteiger partial charge in [-0.15, -0.1) is 0 Å². The predicted octanol–water partition coefficient (Wildman–Crippen LogP) is 2.65. The Labute approximate surface area is 137 Å². The van der Waals surface area contributed by atoms with Gasteiger partial charge in [-0.1, -0.05) is 11.6 Å². The second-order valence-electron chi connectivity index (χ2n) is 5.85. The maximum absolute atomic E-state index is 12.5. The number of fused-ring (bicyclic) bond motifs is 1. The van der Waals surface area contributed by atoms with Crippen molar-refractivity contribution in [2.45, 2.75) is 19.4 Å². The molecule has 0 amide bonds. The van der Waals surface area contributed by atoms with Crippen molar-refractivity contribution in [3.8, 4) is 0 Å². The van der Waals surface area contributed by atoms with Crippen molar-refractivity contribution in [1.82, 2.24) is 13.7 Å². The van der Waals surface area contributed by atoms with Crippen LogP contribution in [0.1, 0.15) is 12.1 Å². The van der Waals surface area contributed by atoms with Crippen LogP contribution >= 0.6 is 11.6 Å². The Morgan fingerprint density at radius 1 is 1.48 bits per heavy atom. The van der Waals surface area contributed by atoms with E-state index in [9.17, 15) is 17.2 Å². The van der Waals surface area contributed by atoms with E-state index in [1.165, 1.54) is 11.4 Å². The highest BCUT2D eigenvalue weighted by Gasteiger charge is 2.46. The molecule has 3 rings (SSSR count). The molecule has 1 aliphatic carbocycles. The number of pyridine rings is 1. The van der Waals surface area contributed by atoms with Gasteiger partial charge < -0.3 is 4.40 Å². The van der Waals surface area contributed by atoms with Gasteiger partial charge in [-0.2, -0.15) is 4.31 Å². The van der Waals surface area contributed by atoms with E-state index in [1.807, 2.05) is 0 Å². The average molecular weight is 364 g/mol. The molecule has 1 fully saturated rings. The third-order valence-electron chi connectivity index (χ3n) is 4.13. The Hall–Kier alpha value is -1.25. The van der Waals surface area contributed by atoms with Gasteiger partial charge in [0, 0.05) is 19.2 Å². The molecular formula is C14H16ClF2N3O2S. The quantitative estimate of drug-likeness (QED) is 0.792. The zero-order chi connectivity index (χ0) is 16.8. The summed E-state index contributed by atoms with van der Waals surface area (Å²) in [6, 6.07) is 3.43. The molecule has 2 atom stereocenters. The predicted molar refractivity (Wildman–Crippen MR) is 83.1 cm³/mol. The molecule has 0 aromatic carbocycles. The Balaban J connectivity index is 1.72. The van der Waals surface area contributed by atoms with Crippen LogP contribution in [0.15, 0.2) is 24.5 Å². The molecule has 0 N–H and O–H groups in total. The smallest absolute Gasteiger partial charge is 0.241 e. The molecule has 0 radical (unpaired) electrons. The van der Waals surface area contributed by atoms with Gasteiger partial charge >= 0.3 is 0 Å². The molecule has 0 bridgehead atoms. The van der Waals surface area contributed by atoms with E-state index in [4.69, 9.17) is 11.6 Å². The number of imidazole rings is 1. The van der Waals surface area contributed by atoms with E-state index in [0.717, 1.165) is 0 Å². The van der Waals surface area contributed by atoms with E-state index in [1.54, 1.807) is 28.9 Å². The number of sulfonamides is 1. The monoisotopic (exact) mass is 363 g/mol. The molecule has 0 spiro atoms. The van der Waals surface area contributed by atoms with Crippen LogP contribution < -0.4 is 0 Å². The lowest BCUT2D eigenvalue weighted by Gasteiger charge is -2.17. The highest BCUT2D eigenvalue weighted by Crippen LogP contribution is 2.44. The fourth-order valence-corrected chi connectivity index (χ4v) is 4.29. The highest BCUT2D eigenvalue weighted by molar-refractivity contribution is 7.89. The van der Waals surface area contributed by atoms with Crippen LogP contribution in [-0.2, 0) is 16.6 Å². The van der Waals surface area contributed by atoms with Crippen molar-refractivity contribution in [2.75, 3.05) is 12.8 Å². The van der Waals surface area contributed by atoms with Gasteiger partial charge in [0.05, 0.1) is 29.2 Å². The first-order valence-electron chi connectivity index (χ1n) is 7.11. The summed E-state index contributed by atoms with van der Waals surface area (Å²) in [7, 11) is -2.15. The first-order valence-corrected chi connectivity index (χ1v) is 9.10. The van der Waals surface area contributed by atoms with E-state index < -0.39 is 28.3 Å². The van der Waals surface area contributed by atoms with E-state index in [-0.39, 0.29) is 18.7 Å². The number of halogens is 3. The summed E-state index contributed by atoms with van der Waals surface area (Å²) in [5.74, 6) is -1.47. The Kier molecular flexibility index (Phi) is 4.33. The summed E-state index contributed by atoms with van der Waals surface area (Å²) in [6.45, 7) is 0.107. The minimum absolute atomic E-state index is 0.107. The van der Waals surface area contributed by atoms with E-state index >= 15 is 0 Å². The summed E-state index contributed by atoms with van der Waals surface area (Å²) < 4.78 is 52.6. The van der Waals surface area contributed by atoms with E-state index in [2.05, 4.69) is 4.98 Å². The average Bonchev–Trinajstić information content (AvgIpc) is 3.12. The lowest BCUT2D eigenvalue weighted by molar-refractivity contribution is 0.117. The van der Waals surface area contributed by atoms with Crippen molar-refractivity contribution >= 4 is 27.3 Å². The third-order valence-corrected chi connectivity index (χ3v) is 6.28. The minimum Gasteiger partial charge on any atom is -0.301 e. The third kappa shape index (κ3) is 3.49. The van der Waals surface area contributed by atoms with Crippen molar-refractivity contribution in [3.05, 3.63) is 35.2 Å². The molecule has 2 aromatic heterocycles. The Bertz CT molecular complexity index is 825. The largest absolute Gasteiger partial charge is 0.301 e. The maximum atomic E-state index is 12.5. The van der Waals surface area contributed by atoms with Gasteiger partial charge in [0.1, 0.15) is 5.65 Å². The lowest BCUT2D eigenvalue weighted by Crippen LogP contribution is -2.30. The van der Waals surface area contributed by atoms with E-state index in [0.29, 0.717) is 16.4 Å². The molecule has 0 saturated heterocycles. The Morgan fingerprint density at radius 3 is 2.87 bits per heavy atom. The molecule has 5 nitrogen and oxygen atoms in total. The van der Waals surface area contributed by atoms with Crippen LogP contribution in [-0.4, -0.2) is 41.3 Å². The highest BCUT2D eigenvalue weighted by atomic mass is 35.5. The number of rotatable bonds is 6. The molecular weight excluding hydrogens is 348 g/mol. The summed E-state index contributed by atoms with van der Waals surface area (Å²) >= 11 is 5.95. The molecule has 9 heteroatoms. The van der Waals surface area contributed by atoms with Gasteiger partial charge in [0.15, 0.2) is 0 Å². The fourth-order valence-electron chi connectivity index (χ4n) is 2.62. The molecule has 126 valence electrons. The van der Waals surface area contributed by atoms with Crippen molar-refractivity contribution < 1.29 is 17.2 Å². The number of hydrogen-bond acceptors (Lipinski definition) is 3. The molecule has 0 aliphatic heterocycles. The first-order chi connectivity index (χ1) is 10.8. The van der Waals surface area contributed by atoms with Crippen LogP contribution in [0.3, 0.4) is 0 Å². The van der Waals surface area contributed by atoms with Crippen molar-refractivity contribution in [3.63, 3.8) is 0 Å². The van der Waals surface area contributed by atoms with Crippen LogP contribution in [0, 0.1) is 11.8 Å². The standard InChI is InChI=1S/C14H16ClF2N3O2S/c1-19(23(21,22)8-9-4-12(9)14(16)17)7-11-5-18-13-3-2-10(15)6-20(11)13/h2-3,5-6,9,12,14H,4,7-8H2,1H3/t9-,12+/m0/s1. The van der Waals surface area contributed by atoms with Crippen LogP contribution in [0.25, 0.3) is 5.65 Å². The van der Waals surface area contributed by atoms with Gasteiger partial charge in [0.25, 0.3) is 0 Å². The lowest BCUT2D eigenvalue weighted by atomic mass is 10.4. The number of hydrogen-bond donors (Lipinski definition) is 0. The molecule has 2 aromatic rings. The zero-order valence-corrected chi connectivity index (χ0v) is 13.9. The summed E-state index contributed by atoms with van der Waals surface area (Å²) in [5.41, 5.74) is 1.32. The van der Waals surface area contributed by atoms with Crippen molar-refractivity contribution in [1.29, 1.82) is 0 Å². The second-order valence-corrected chi connectivity index (χ2v) is 8.41. The minimum atomic E-state index is -3.59. The number of alkyl halides is 2. The van der Waals surface area contributed by atoms with Crippen molar-refractivity contribution in [2.24, 2.45) is 11.8 Å². The molecule has 0 unspecified atom stereocenters. The maximum Gasteiger partial charge on any atom is 0.241 e. The Morgan fingerprint density at radius 2 is 2.22 bits per heavy atom. The normalized spacial score (nSPS) is 21.5. The van der Waals surface area contributed by atoms with Crippen LogP contribution in [0.4, 0.5) is 8.78 Å². The molecule has 1 saturated carbocycles. The summed E-state index contributed by atoms with van der Waals surface area (Å²) in [4.78, 5) is 4.19. The molecule has 2 heterocycles. The molecule has 23 heavy (non-hydrogen) atoms. The summed E-state index contributed by atoms with van der Waals surface area (Å²) in [6.07, 6.45) is 1.07. The fraction of sp³-hybridized carbons (Fsp3) is 0.500. The number of nitrogens with zero attached hydrogens (tertiary/aromatic N) is 3. The first kappa shape index (κ1) is 16.6. The number of aromatic nitrogens is 2. The molecule has 1 aliphatic rings. The second kappa shape index (κ2) is 5.99. The van der Waals surface area contributed by atoms with Crippen LogP contribution in [0.5, 0.6) is 0 Å². The van der Waals surface area contributed by atoms with Gasteiger partial charge in [-0.3, -0.25) is 0 Å². The zero-order valence-electron chi connectivity index (χ0n) is 12.4. The SMILES string of the molecule is CN(Cc1cnc2ccc(Cl)cn12)S(=O)(=O)C[C@@H]1C[C@H]1C(F)F.